The van der Waals surface area contributed by atoms with E-state index in [9.17, 15) is 9.59 Å². The first-order valence-corrected chi connectivity index (χ1v) is 10.6. The first-order valence-electron chi connectivity index (χ1n) is 10.3. The van der Waals surface area contributed by atoms with Crippen molar-refractivity contribution in [3.8, 4) is 11.4 Å². The molecule has 0 unspecified atom stereocenters. The molecule has 3 aromatic rings. The van der Waals surface area contributed by atoms with E-state index in [1.165, 1.54) is 0 Å². The number of carbonyl (C=O) groups excluding carboxylic acids is 2. The summed E-state index contributed by atoms with van der Waals surface area (Å²) in [5, 5.41) is 12.4. The zero-order valence-corrected chi connectivity index (χ0v) is 17.6. The van der Waals surface area contributed by atoms with Gasteiger partial charge in [0.2, 0.25) is 0 Å². The molecule has 5 rings (SSSR count). The van der Waals surface area contributed by atoms with Gasteiger partial charge in [-0.15, -0.1) is 0 Å². The monoisotopic (exact) mass is 439 g/mol. The summed E-state index contributed by atoms with van der Waals surface area (Å²) in [5.74, 6) is 0.383. The van der Waals surface area contributed by atoms with E-state index < -0.39 is 0 Å². The maximum Gasteiger partial charge on any atom is 0.254 e. The summed E-state index contributed by atoms with van der Waals surface area (Å²) in [6.45, 7) is 3.95. The molecule has 1 aromatic heterocycles. The molecule has 31 heavy (non-hydrogen) atoms. The zero-order chi connectivity index (χ0) is 21.5. The molecule has 2 amide bonds. The van der Waals surface area contributed by atoms with Crippen LogP contribution in [0.15, 0.2) is 30.3 Å². The predicted octanol–water partition coefficient (Wildman–Crippen LogP) is 1.88. The number of fused-ring (bicyclic) bond motifs is 2. The van der Waals surface area contributed by atoms with Crippen molar-refractivity contribution in [1.29, 1.82) is 0 Å². The van der Waals surface area contributed by atoms with Crippen LogP contribution in [0.3, 0.4) is 0 Å². The van der Waals surface area contributed by atoms with Crippen LogP contribution >= 0.6 is 11.6 Å². The van der Waals surface area contributed by atoms with E-state index in [0.717, 1.165) is 24.2 Å². The van der Waals surface area contributed by atoms with Gasteiger partial charge in [-0.25, -0.2) is 4.98 Å². The molecular formula is C22H22ClN5O3. The summed E-state index contributed by atoms with van der Waals surface area (Å²) >= 11 is 6.25. The van der Waals surface area contributed by atoms with Crippen LogP contribution in [0.2, 0.25) is 5.02 Å². The quantitative estimate of drug-likeness (QED) is 0.576. The van der Waals surface area contributed by atoms with Crippen molar-refractivity contribution in [2.24, 2.45) is 0 Å². The summed E-state index contributed by atoms with van der Waals surface area (Å²) in [6.07, 6.45) is 0. The second kappa shape index (κ2) is 7.96. The van der Waals surface area contributed by atoms with Crippen molar-refractivity contribution in [2.45, 2.75) is 6.54 Å². The number of benzene rings is 2. The van der Waals surface area contributed by atoms with Crippen LogP contribution in [0.25, 0.3) is 22.4 Å². The van der Waals surface area contributed by atoms with Gasteiger partial charge in [-0.2, -0.15) is 0 Å². The molecule has 9 heteroatoms. The fourth-order valence-electron chi connectivity index (χ4n) is 4.27. The second-order valence-electron chi connectivity index (χ2n) is 7.81. The molecule has 1 fully saturated rings. The molecule has 0 saturated carbocycles. The van der Waals surface area contributed by atoms with Crippen molar-refractivity contribution in [2.75, 3.05) is 39.3 Å². The van der Waals surface area contributed by atoms with Gasteiger partial charge in [0.25, 0.3) is 11.8 Å². The number of nitrogens with one attached hydrogen (secondary N) is 2. The van der Waals surface area contributed by atoms with Gasteiger partial charge in [0.1, 0.15) is 5.82 Å². The van der Waals surface area contributed by atoms with E-state index in [1.807, 2.05) is 11.0 Å². The number of hydrogen-bond acceptors (Lipinski definition) is 5. The number of halogens is 1. The number of aliphatic hydroxyl groups excluding tert-OH is 1. The fourth-order valence-corrected chi connectivity index (χ4v) is 4.50. The maximum absolute atomic E-state index is 13.0. The smallest absolute Gasteiger partial charge is 0.254 e. The Bertz CT molecular complexity index is 1180. The molecule has 2 aliphatic rings. The molecule has 2 aliphatic heterocycles. The summed E-state index contributed by atoms with van der Waals surface area (Å²) in [5.41, 5.74) is 4.06. The largest absolute Gasteiger partial charge is 0.395 e. The van der Waals surface area contributed by atoms with E-state index >= 15 is 0 Å². The summed E-state index contributed by atoms with van der Waals surface area (Å²) in [7, 11) is 0. The van der Waals surface area contributed by atoms with Crippen molar-refractivity contribution in [1.82, 2.24) is 25.1 Å². The van der Waals surface area contributed by atoms with E-state index in [2.05, 4.69) is 20.2 Å². The van der Waals surface area contributed by atoms with Crippen LogP contribution in [0.5, 0.6) is 0 Å². The highest BCUT2D eigenvalue weighted by atomic mass is 35.5. The summed E-state index contributed by atoms with van der Waals surface area (Å²) in [4.78, 5) is 37.2. The van der Waals surface area contributed by atoms with Crippen LogP contribution in [-0.2, 0) is 6.54 Å². The first-order chi connectivity index (χ1) is 15.0. The van der Waals surface area contributed by atoms with E-state index in [0.29, 0.717) is 59.2 Å². The van der Waals surface area contributed by atoms with E-state index in [1.54, 1.807) is 24.3 Å². The van der Waals surface area contributed by atoms with Crippen LogP contribution in [0.1, 0.15) is 26.3 Å². The number of aromatic amines is 1. The minimum Gasteiger partial charge on any atom is -0.395 e. The lowest BCUT2D eigenvalue weighted by Crippen LogP contribution is -2.49. The van der Waals surface area contributed by atoms with Crippen LogP contribution in [0, 0.1) is 0 Å². The molecule has 1 saturated heterocycles. The maximum atomic E-state index is 13.0. The fraction of sp³-hybridized carbons (Fsp3) is 0.318. The highest BCUT2D eigenvalue weighted by Crippen LogP contribution is 2.33. The Labute approximate surface area is 183 Å². The number of imidazole rings is 1. The number of H-pyrrole nitrogens is 1. The van der Waals surface area contributed by atoms with Gasteiger partial charge >= 0.3 is 0 Å². The number of carbonyl (C=O) groups is 2. The van der Waals surface area contributed by atoms with Gasteiger partial charge in [0.15, 0.2) is 0 Å². The standard InChI is InChI=1S/C22H22ClN5O3/c23-16-3-2-14(19-15(16)12-24-21(19)30)20-25-17-4-1-13(11-18(17)26-20)22(31)28-7-5-27(6-8-28)9-10-29/h1-4,11,29H,5-10,12H2,(H,24,30)(H,25,26). The number of aromatic nitrogens is 2. The topological polar surface area (TPSA) is 102 Å². The van der Waals surface area contributed by atoms with Gasteiger partial charge in [-0.1, -0.05) is 11.6 Å². The van der Waals surface area contributed by atoms with Crippen molar-refractivity contribution in [3.05, 3.63) is 52.0 Å². The molecule has 0 radical (unpaired) electrons. The summed E-state index contributed by atoms with van der Waals surface area (Å²) in [6, 6.07) is 8.99. The molecule has 3 heterocycles. The average Bonchev–Trinajstić information content (AvgIpc) is 3.38. The predicted molar refractivity (Wildman–Crippen MR) is 117 cm³/mol. The minimum atomic E-state index is -0.163. The zero-order valence-electron chi connectivity index (χ0n) is 16.8. The number of hydrogen-bond donors (Lipinski definition) is 3. The molecule has 0 aliphatic carbocycles. The molecule has 160 valence electrons. The lowest BCUT2D eigenvalue weighted by molar-refractivity contribution is 0.0615. The Hall–Kier alpha value is -2.94. The molecule has 0 bridgehead atoms. The van der Waals surface area contributed by atoms with Crippen molar-refractivity contribution < 1.29 is 14.7 Å². The van der Waals surface area contributed by atoms with Crippen LogP contribution < -0.4 is 5.32 Å². The van der Waals surface area contributed by atoms with Crippen LogP contribution in [0.4, 0.5) is 0 Å². The average molecular weight is 440 g/mol. The molecular weight excluding hydrogens is 418 g/mol. The highest BCUT2D eigenvalue weighted by Gasteiger charge is 2.27. The lowest BCUT2D eigenvalue weighted by atomic mass is 10.0. The van der Waals surface area contributed by atoms with Crippen LogP contribution in [-0.4, -0.2) is 76.0 Å². The van der Waals surface area contributed by atoms with Gasteiger partial charge in [-0.05, 0) is 30.3 Å². The van der Waals surface area contributed by atoms with Crippen molar-refractivity contribution >= 4 is 34.4 Å². The number of rotatable bonds is 4. The number of amides is 2. The molecule has 0 spiro atoms. The van der Waals surface area contributed by atoms with Crippen molar-refractivity contribution in [3.63, 3.8) is 0 Å². The minimum absolute atomic E-state index is 0.0261. The Balaban J connectivity index is 1.43. The first kappa shape index (κ1) is 20.0. The molecule has 0 atom stereocenters. The third kappa shape index (κ3) is 3.56. The number of aliphatic hydroxyl groups is 1. The third-order valence-corrected chi connectivity index (χ3v) is 6.32. The van der Waals surface area contributed by atoms with Gasteiger partial charge in [0, 0.05) is 61.0 Å². The van der Waals surface area contributed by atoms with E-state index in [-0.39, 0.29) is 18.4 Å². The molecule has 3 N–H and O–H groups in total. The van der Waals surface area contributed by atoms with E-state index in [4.69, 9.17) is 16.7 Å². The van der Waals surface area contributed by atoms with Gasteiger partial charge in [-0.3, -0.25) is 14.5 Å². The van der Waals surface area contributed by atoms with Gasteiger partial charge < -0.3 is 20.3 Å². The summed E-state index contributed by atoms with van der Waals surface area (Å²) < 4.78 is 0. The Morgan fingerprint density at radius 1 is 1.16 bits per heavy atom. The highest BCUT2D eigenvalue weighted by molar-refractivity contribution is 6.32. The lowest BCUT2D eigenvalue weighted by Gasteiger charge is -2.34. The normalized spacial score (nSPS) is 16.6. The Morgan fingerprint density at radius 2 is 1.97 bits per heavy atom. The Morgan fingerprint density at radius 3 is 2.74 bits per heavy atom. The molecule has 8 nitrogen and oxygen atoms in total. The SMILES string of the molecule is O=C1NCc2c(Cl)ccc(-c3nc4cc(C(=O)N5CCN(CCO)CC5)ccc4[nH]3)c21. The number of nitrogens with zero attached hydrogens (tertiary/aromatic N) is 3. The van der Waals surface area contributed by atoms with Gasteiger partial charge in [0.05, 0.1) is 23.2 Å². The number of piperazine rings is 1. The Kier molecular flexibility index (Phi) is 5.13. The second-order valence-corrected chi connectivity index (χ2v) is 8.21. The third-order valence-electron chi connectivity index (χ3n) is 5.97. The molecule has 2 aromatic carbocycles. The number of β-amino-alcohol motifs (C(OH)–C–C–N with tert-alkyl or cyclic N) is 1.